The minimum Gasteiger partial charge on any atom is -0.542 e. The molecular formula is C15H14F5N5O4. The molecule has 9 nitrogen and oxygen atoms in total. The van der Waals surface area contributed by atoms with Gasteiger partial charge in [0.1, 0.15) is 31.6 Å². The molecule has 29 heavy (non-hydrogen) atoms. The summed E-state index contributed by atoms with van der Waals surface area (Å²) >= 11 is 0. The number of hydrogen-bond donors (Lipinski definition) is 2. The fourth-order valence-electron chi connectivity index (χ4n) is 2.01. The van der Waals surface area contributed by atoms with Crippen molar-refractivity contribution in [1.82, 2.24) is 20.4 Å². The number of benzene rings is 1. The topological polar surface area (TPSA) is 133 Å². The van der Waals surface area contributed by atoms with Crippen molar-refractivity contribution in [3.05, 3.63) is 35.9 Å². The van der Waals surface area contributed by atoms with E-state index in [2.05, 4.69) is 20.4 Å². The van der Waals surface area contributed by atoms with Crippen molar-refractivity contribution < 1.29 is 46.7 Å². The summed E-state index contributed by atoms with van der Waals surface area (Å²) in [5.74, 6) is -4.42. The van der Waals surface area contributed by atoms with Crippen LogP contribution in [0.25, 0.3) is 11.4 Å². The number of alkyl halides is 4. The molecule has 0 saturated carbocycles. The van der Waals surface area contributed by atoms with Gasteiger partial charge in [0.05, 0.1) is 0 Å². The smallest absolute Gasteiger partial charge is 0.430 e. The fourth-order valence-corrected chi connectivity index (χ4v) is 2.01. The third-order valence-electron chi connectivity index (χ3n) is 3.24. The van der Waals surface area contributed by atoms with E-state index in [0.717, 1.165) is 0 Å². The van der Waals surface area contributed by atoms with Crippen LogP contribution in [0.15, 0.2) is 24.5 Å². The molecule has 158 valence electrons. The highest BCUT2D eigenvalue weighted by Crippen LogP contribution is 2.17. The molecule has 0 saturated heterocycles. The van der Waals surface area contributed by atoms with E-state index in [0.29, 0.717) is 16.0 Å². The number of carboxylic acid groups (broad SMARTS) is 2. The number of halogens is 5. The summed E-state index contributed by atoms with van der Waals surface area (Å²) in [7, 11) is 0. The molecule has 1 unspecified atom stereocenters. The quantitative estimate of drug-likeness (QED) is 0.531. The number of aliphatic carboxylic acids is 2. The number of carbonyl (C=O) groups excluding carboxylic acids is 1. The summed E-state index contributed by atoms with van der Waals surface area (Å²) < 4.78 is 58.1. The summed E-state index contributed by atoms with van der Waals surface area (Å²) in [6.07, 6.45) is -4.03. The molecule has 0 radical (unpaired) electrons. The van der Waals surface area contributed by atoms with Gasteiger partial charge in [-0.2, -0.15) is 13.2 Å². The van der Waals surface area contributed by atoms with Gasteiger partial charge in [0.25, 0.3) is 0 Å². The second-order valence-corrected chi connectivity index (χ2v) is 5.40. The normalized spacial score (nSPS) is 11.9. The Bertz CT molecular complexity index is 822. The van der Waals surface area contributed by atoms with E-state index in [1.165, 1.54) is 18.5 Å². The van der Waals surface area contributed by atoms with Crippen LogP contribution in [-0.4, -0.2) is 63.4 Å². The van der Waals surface area contributed by atoms with Gasteiger partial charge in [0.15, 0.2) is 12.9 Å². The van der Waals surface area contributed by atoms with E-state index < -0.39 is 30.6 Å². The third kappa shape index (κ3) is 8.50. The first kappa shape index (κ1) is 23.7. The SMILES string of the molecule is O=C(O)C[NH+](CCF)Cc1ccc(-c2nncnn2)cc1F.O=C([O-])C(F)(F)F. The molecule has 1 heterocycles. The molecule has 0 fully saturated rings. The van der Waals surface area contributed by atoms with Crippen molar-refractivity contribution >= 4 is 11.9 Å². The second-order valence-electron chi connectivity index (χ2n) is 5.40. The molecule has 0 amide bonds. The first-order valence-electron chi connectivity index (χ1n) is 7.73. The van der Waals surface area contributed by atoms with E-state index >= 15 is 0 Å². The van der Waals surface area contributed by atoms with Crippen molar-refractivity contribution in [2.24, 2.45) is 0 Å². The lowest BCUT2D eigenvalue weighted by Gasteiger charge is -2.16. The van der Waals surface area contributed by atoms with E-state index in [1.807, 2.05) is 0 Å². The van der Waals surface area contributed by atoms with Crippen LogP contribution in [0.4, 0.5) is 22.0 Å². The van der Waals surface area contributed by atoms with E-state index in [1.54, 1.807) is 6.07 Å². The molecule has 1 atom stereocenters. The van der Waals surface area contributed by atoms with E-state index in [4.69, 9.17) is 15.0 Å². The first-order chi connectivity index (χ1) is 13.5. The molecular weight excluding hydrogens is 409 g/mol. The van der Waals surface area contributed by atoms with Crippen molar-refractivity contribution in [3.63, 3.8) is 0 Å². The highest BCUT2D eigenvalue weighted by atomic mass is 19.4. The number of rotatable bonds is 7. The maximum absolute atomic E-state index is 14.1. The molecule has 2 rings (SSSR count). The molecule has 0 aliphatic rings. The number of carbonyl (C=O) groups is 2. The Balaban J connectivity index is 0.000000516. The summed E-state index contributed by atoms with van der Waals surface area (Å²) in [6, 6.07) is 4.31. The van der Waals surface area contributed by atoms with Gasteiger partial charge in [-0.3, -0.25) is 0 Å². The zero-order valence-corrected chi connectivity index (χ0v) is 14.5. The maximum atomic E-state index is 14.1. The van der Waals surface area contributed by atoms with Crippen LogP contribution in [0.2, 0.25) is 0 Å². The van der Waals surface area contributed by atoms with E-state index in [-0.39, 0.29) is 25.5 Å². The van der Waals surface area contributed by atoms with Crippen molar-refractivity contribution in [3.8, 4) is 11.4 Å². The average molecular weight is 423 g/mol. The van der Waals surface area contributed by atoms with Gasteiger partial charge in [-0.1, -0.05) is 6.07 Å². The van der Waals surface area contributed by atoms with Crippen LogP contribution in [0, 0.1) is 5.82 Å². The Morgan fingerprint density at radius 2 is 1.76 bits per heavy atom. The molecule has 0 aliphatic carbocycles. The van der Waals surface area contributed by atoms with Crippen LogP contribution < -0.4 is 10.0 Å². The van der Waals surface area contributed by atoms with Gasteiger partial charge in [0.2, 0.25) is 5.82 Å². The zero-order valence-electron chi connectivity index (χ0n) is 14.5. The van der Waals surface area contributed by atoms with Crippen molar-refractivity contribution in [1.29, 1.82) is 0 Å². The third-order valence-corrected chi connectivity index (χ3v) is 3.24. The zero-order chi connectivity index (χ0) is 22.0. The molecule has 1 aromatic heterocycles. The molecule has 0 spiro atoms. The highest BCUT2D eigenvalue weighted by Gasteiger charge is 2.28. The van der Waals surface area contributed by atoms with Gasteiger partial charge < -0.3 is 19.9 Å². The molecule has 1 aromatic carbocycles. The molecule has 0 bridgehead atoms. The molecule has 0 aliphatic heterocycles. The van der Waals surface area contributed by atoms with Gasteiger partial charge in [-0.15, -0.1) is 20.4 Å². The Hall–Kier alpha value is -3.29. The van der Waals surface area contributed by atoms with Crippen LogP contribution in [-0.2, 0) is 16.1 Å². The lowest BCUT2D eigenvalue weighted by Crippen LogP contribution is -3.12. The van der Waals surface area contributed by atoms with E-state index in [9.17, 15) is 26.7 Å². The van der Waals surface area contributed by atoms with Crippen LogP contribution >= 0.6 is 0 Å². The minimum atomic E-state index is -5.19. The average Bonchev–Trinajstić information content (AvgIpc) is 2.63. The Morgan fingerprint density at radius 3 is 2.21 bits per heavy atom. The van der Waals surface area contributed by atoms with Crippen molar-refractivity contribution in [2.75, 3.05) is 19.8 Å². The standard InChI is InChI=1S/C13H13F2N5O2.C2HF3O2/c14-3-4-20(7-12(21)22)6-10-2-1-9(5-11(10)15)13-18-16-8-17-19-13;3-2(4,5)1(6)7/h1-2,5,8H,3-4,6-7H2,(H,21,22);(H,6,7). The predicted molar refractivity (Wildman–Crippen MR) is 82.1 cm³/mol. The van der Waals surface area contributed by atoms with Gasteiger partial charge in [-0.25, -0.2) is 13.6 Å². The minimum absolute atomic E-state index is 0.00310. The summed E-state index contributed by atoms with van der Waals surface area (Å²) in [5.41, 5.74) is 0.706. The molecule has 2 N–H and O–H groups in total. The van der Waals surface area contributed by atoms with Gasteiger partial charge >= 0.3 is 12.1 Å². The number of hydrogen-bond acceptors (Lipinski definition) is 7. The lowest BCUT2D eigenvalue weighted by molar-refractivity contribution is -0.906. The number of nitrogens with zero attached hydrogens (tertiary/aromatic N) is 4. The lowest BCUT2D eigenvalue weighted by atomic mass is 10.1. The predicted octanol–water partition coefficient (Wildman–Crippen LogP) is -1.19. The van der Waals surface area contributed by atoms with Crippen LogP contribution in [0.5, 0.6) is 0 Å². The number of nitrogens with one attached hydrogen (secondary N) is 1. The monoisotopic (exact) mass is 423 g/mol. The van der Waals surface area contributed by atoms with Gasteiger partial charge in [-0.05, 0) is 12.1 Å². The second kappa shape index (κ2) is 10.9. The fraction of sp³-hybridized carbons (Fsp3) is 0.333. The first-order valence-corrected chi connectivity index (χ1v) is 7.73. The maximum Gasteiger partial charge on any atom is 0.430 e. The summed E-state index contributed by atoms with van der Waals surface area (Å²) in [6.45, 7) is -0.865. The highest BCUT2D eigenvalue weighted by molar-refractivity contribution is 5.70. The number of quaternary nitrogens is 1. The van der Waals surface area contributed by atoms with Crippen molar-refractivity contribution in [2.45, 2.75) is 12.7 Å². The largest absolute Gasteiger partial charge is 0.542 e. The number of aromatic nitrogens is 4. The summed E-state index contributed by atoms with van der Waals surface area (Å²) in [5, 5.41) is 32.1. The summed E-state index contributed by atoms with van der Waals surface area (Å²) in [4.78, 5) is 19.9. The number of carboxylic acids is 2. The van der Waals surface area contributed by atoms with Crippen LogP contribution in [0.3, 0.4) is 0 Å². The van der Waals surface area contributed by atoms with Crippen LogP contribution in [0.1, 0.15) is 5.56 Å². The Morgan fingerprint density at radius 1 is 1.17 bits per heavy atom. The Kier molecular flexibility index (Phi) is 8.92. The van der Waals surface area contributed by atoms with Gasteiger partial charge in [0, 0.05) is 11.1 Å². The molecule has 14 heteroatoms. The Labute approximate surface area is 159 Å². The molecule has 2 aromatic rings.